The third-order valence-electron chi connectivity index (χ3n) is 3.72. The van der Waals surface area contributed by atoms with Gasteiger partial charge >= 0.3 is 5.97 Å². The Balaban J connectivity index is 2.06. The van der Waals surface area contributed by atoms with E-state index >= 15 is 0 Å². The Morgan fingerprint density at radius 2 is 2.20 bits per heavy atom. The molecule has 0 amide bonds. The van der Waals surface area contributed by atoms with Crippen LogP contribution in [-0.2, 0) is 16.1 Å². The molecule has 1 heterocycles. The minimum absolute atomic E-state index is 0.0310. The van der Waals surface area contributed by atoms with Gasteiger partial charge in [0.15, 0.2) is 0 Å². The molecular weight excluding hydrogens is 266 g/mol. The highest BCUT2D eigenvalue weighted by Crippen LogP contribution is 2.43. The van der Waals surface area contributed by atoms with Gasteiger partial charge in [-0.3, -0.25) is 4.79 Å². The SMILES string of the molecule is CC(=O)OCc1cn([C@@H]2CC(CO)(CO)C[C@@H]2O)nn1. The lowest BCUT2D eigenvalue weighted by molar-refractivity contribution is -0.142. The number of carbonyl (C=O) groups is 1. The number of hydrogen-bond acceptors (Lipinski definition) is 7. The minimum Gasteiger partial charge on any atom is -0.459 e. The van der Waals surface area contributed by atoms with Crippen molar-refractivity contribution in [2.75, 3.05) is 13.2 Å². The number of aliphatic hydroxyl groups excluding tert-OH is 3. The average Bonchev–Trinajstić information content (AvgIpc) is 3.01. The normalized spacial score (nSPS) is 24.8. The monoisotopic (exact) mass is 285 g/mol. The third kappa shape index (κ3) is 2.97. The van der Waals surface area contributed by atoms with Crippen LogP contribution in [0.4, 0.5) is 0 Å². The van der Waals surface area contributed by atoms with Gasteiger partial charge in [0.1, 0.15) is 12.3 Å². The Morgan fingerprint density at radius 1 is 1.50 bits per heavy atom. The van der Waals surface area contributed by atoms with Crippen LogP contribution in [0.5, 0.6) is 0 Å². The van der Waals surface area contributed by atoms with E-state index in [1.165, 1.54) is 11.6 Å². The molecule has 0 spiro atoms. The van der Waals surface area contributed by atoms with Crippen LogP contribution in [0.15, 0.2) is 6.20 Å². The van der Waals surface area contributed by atoms with Gasteiger partial charge in [0, 0.05) is 12.3 Å². The van der Waals surface area contributed by atoms with Gasteiger partial charge in [-0.1, -0.05) is 5.21 Å². The van der Waals surface area contributed by atoms with E-state index in [-0.39, 0.29) is 25.9 Å². The van der Waals surface area contributed by atoms with Crippen molar-refractivity contribution < 1.29 is 24.9 Å². The van der Waals surface area contributed by atoms with Crippen molar-refractivity contribution in [2.24, 2.45) is 5.41 Å². The van der Waals surface area contributed by atoms with Crippen LogP contribution in [-0.4, -0.2) is 55.6 Å². The molecule has 1 aromatic heterocycles. The Labute approximate surface area is 116 Å². The molecule has 3 N–H and O–H groups in total. The molecule has 0 aliphatic heterocycles. The zero-order valence-corrected chi connectivity index (χ0v) is 11.3. The maximum atomic E-state index is 10.7. The highest BCUT2D eigenvalue weighted by atomic mass is 16.5. The average molecular weight is 285 g/mol. The van der Waals surface area contributed by atoms with E-state index in [2.05, 4.69) is 10.3 Å². The number of hydrogen-bond donors (Lipinski definition) is 3. The van der Waals surface area contributed by atoms with Crippen molar-refractivity contribution in [3.8, 4) is 0 Å². The van der Waals surface area contributed by atoms with Crippen molar-refractivity contribution >= 4 is 5.97 Å². The van der Waals surface area contributed by atoms with Crippen LogP contribution >= 0.6 is 0 Å². The Hall–Kier alpha value is -1.51. The Morgan fingerprint density at radius 3 is 2.75 bits per heavy atom. The van der Waals surface area contributed by atoms with Gasteiger partial charge in [0.2, 0.25) is 0 Å². The second-order valence-electron chi connectivity index (χ2n) is 5.33. The Kier molecular flexibility index (Phi) is 4.36. The fourth-order valence-corrected chi connectivity index (χ4v) is 2.54. The maximum absolute atomic E-state index is 10.7. The summed E-state index contributed by atoms with van der Waals surface area (Å²) in [5.74, 6) is -0.403. The molecule has 1 aromatic rings. The molecule has 2 rings (SSSR count). The standard InChI is InChI=1S/C12H19N3O5/c1-8(18)20-5-9-4-15(14-13-9)10-2-12(6-16,7-17)3-11(10)19/h4,10-11,16-17,19H,2-3,5-7H2,1H3/t10-,11+/m1/s1. The van der Waals surface area contributed by atoms with Gasteiger partial charge in [-0.15, -0.1) is 5.10 Å². The summed E-state index contributed by atoms with van der Waals surface area (Å²) in [5.41, 5.74) is -0.204. The summed E-state index contributed by atoms with van der Waals surface area (Å²) in [7, 11) is 0. The molecule has 112 valence electrons. The molecule has 2 atom stereocenters. The summed E-state index contributed by atoms with van der Waals surface area (Å²) in [6, 6.07) is -0.354. The van der Waals surface area contributed by atoms with Crippen molar-refractivity contribution in [2.45, 2.75) is 38.5 Å². The molecule has 0 aromatic carbocycles. The molecule has 0 radical (unpaired) electrons. The third-order valence-corrected chi connectivity index (χ3v) is 3.72. The lowest BCUT2D eigenvalue weighted by atomic mass is 9.88. The molecule has 1 fully saturated rings. The zero-order chi connectivity index (χ0) is 14.8. The number of esters is 1. The van der Waals surface area contributed by atoms with Crippen LogP contribution in [0.1, 0.15) is 31.5 Å². The topological polar surface area (TPSA) is 118 Å². The predicted molar refractivity (Wildman–Crippen MR) is 66.4 cm³/mol. The van der Waals surface area contributed by atoms with Crippen LogP contribution in [0.2, 0.25) is 0 Å². The molecule has 1 aliphatic carbocycles. The Bertz CT molecular complexity index is 471. The highest BCUT2D eigenvalue weighted by molar-refractivity contribution is 5.65. The molecule has 1 saturated carbocycles. The smallest absolute Gasteiger partial charge is 0.303 e. The largest absolute Gasteiger partial charge is 0.459 e. The van der Waals surface area contributed by atoms with Gasteiger partial charge in [-0.25, -0.2) is 4.68 Å². The van der Waals surface area contributed by atoms with E-state index in [0.29, 0.717) is 18.5 Å². The number of carbonyl (C=O) groups excluding carboxylic acids is 1. The number of aromatic nitrogens is 3. The van der Waals surface area contributed by atoms with Crippen molar-refractivity contribution in [1.82, 2.24) is 15.0 Å². The highest BCUT2D eigenvalue weighted by Gasteiger charge is 2.45. The summed E-state index contributed by atoms with van der Waals surface area (Å²) >= 11 is 0. The molecule has 0 saturated heterocycles. The summed E-state index contributed by atoms with van der Waals surface area (Å²) in [6.07, 6.45) is 1.61. The molecular formula is C12H19N3O5. The van der Waals surface area contributed by atoms with E-state index in [1.54, 1.807) is 6.20 Å². The van der Waals surface area contributed by atoms with Crippen molar-refractivity contribution in [1.29, 1.82) is 0 Å². The molecule has 20 heavy (non-hydrogen) atoms. The van der Waals surface area contributed by atoms with E-state index < -0.39 is 17.5 Å². The fraction of sp³-hybridized carbons (Fsp3) is 0.750. The quantitative estimate of drug-likeness (QED) is 0.594. The van der Waals surface area contributed by atoms with Crippen LogP contribution in [0.25, 0.3) is 0 Å². The molecule has 8 heteroatoms. The molecule has 8 nitrogen and oxygen atoms in total. The summed E-state index contributed by atoms with van der Waals surface area (Å²) < 4.78 is 6.31. The van der Waals surface area contributed by atoms with E-state index in [9.17, 15) is 20.1 Å². The van der Waals surface area contributed by atoms with Gasteiger partial charge in [-0.05, 0) is 12.8 Å². The summed E-state index contributed by atoms with van der Waals surface area (Å²) in [5, 5.41) is 36.6. The predicted octanol–water partition coefficient (Wildman–Crippen LogP) is -0.992. The van der Waals surface area contributed by atoms with E-state index in [4.69, 9.17) is 4.74 Å². The van der Waals surface area contributed by atoms with E-state index in [1.807, 2.05) is 0 Å². The maximum Gasteiger partial charge on any atom is 0.303 e. The van der Waals surface area contributed by atoms with Crippen LogP contribution in [0.3, 0.4) is 0 Å². The second-order valence-corrected chi connectivity index (χ2v) is 5.33. The fourth-order valence-electron chi connectivity index (χ4n) is 2.54. The first-order valence-corrected chi connectivity index (χ1v) is 6.43. The number of aliphatic hydroxyl groups is 3. The lowest BCUT2D eigenvalue weighted by Gasteiger charge is -2.23. The second kappa shape index (κ2) is 5.86. The van der Waals surface area contributed by atoms with E-state index in [0.717, 1.165) is 0 Å². The minimum atomic E-state index is -0.711. The van der Waals surface area contributed by atoms with Gasteiger partial charge in [-0.2, -0.15) is 0 Å². The molecule has 0 bridgehead atoms. The lowest BCUT2D eigenvalue weighted by Crippen LogP contribution is -2.27. The van der Waals surface area contributed by atoms with Crippen LogP contribution in [0, 0.1) is 5.41 Å². The number of ether oxygens (including phenoxy) is 1. The van der Waals surface area contributed by atoms with Gasteiger partial charge < -0.3 is 20.1 Å². The summed E-state index contributed by atoms with van der Waals surface area (Å²) in [6.45, 7) is 0.962. The summed E-state index contributed by atoms with van der Waals surface area (Å²) in [4.78, 5) is 10.7. The van der Waals surface area contributed by atoms with Gasteiger partial charge in [0.05, 0.1) is 31.6 Å². The molecule has 0 unspecified atom stereocenters. The van der Waals surface area contributed by atoms with Crippen LogP contribution < -0.4 is 0 Å². The first-order chi connectivity index (χ1) is 9.49. The first kappa shape index (κ1) is 14.9. The van der Waals surface area contributed by atoms with Crippen molar-refractivity contribution in [3.05, 3.63) is 11.9 Å². The molecule has 1 aliphatic rings. The van der Waals surface area contributed by atoms with Crippen molar-refractivity contribution in [3.63, 3.8) is 0 Å². The zero-order valence-electron chi connectivity index (χ0n) is 11.3. The first-order valence-electron chi connectivity index (χ1n) is 6.43. The number of nitrogens with zero attached hydrogens (tertiary/aromatic N) is 3. The van der Waals surface area contributed by atoms with Gasteiger partial charge in [0.25, 0.3) is 0 Å². The number of rotatable bonds is 5.